The molecular formula is C13H22N2O3S. The molecule has 0 aliphatic rings. The van der Waals surface area contributed by atoms with Crippen LogP contribution in [-0.4, -0.2) is 40.9 Å². The van der Waals surface area contributed by atoms with Crippen LogP contribution in [0.4, 0.5) is 0 Å². The molecule has 2 N–H and O–H groups in total. The van der Waals surface area contributed by atoms with Crippen molar-refractivity contribution in [2.45, 2.75) is 13.3 Å². The van der Waals surface area contributed by atoms with Crippen molar-refractivity contribution in [3.8, 4) is 5.75 Å². The van der Waals surface area contributed by atoms with E-state index < -0.39 is 10.0 Å². The zero-order valence-electron chi connectivity index (χ0n) is 11.5. The van der Waals surface area contributed by atoms with Crippen molar-refractivity contribution in [1.29, 1.82) is 0 Å². The Labute approximate surface area is 115 Å². The Hall–Kier alpha value is -1.11. The smallest absolute Gasteiger partial charge is 0.212 e. The first-order valence-corrected chi connectivity index (χ1v) is 8.04. The Morgan fingerprint density at radius 3 is 2.63 bits per heavy atom. The van der Waals surface area contributed by atoms with Gasteiger partial charge in [-0.1, -0.05) is 25.1 Å². The van der Waals surface area contributed by atoms with Crippen molar-refractivity contribution in [3.05, 3.63) is 29.8 Å². The second kappa shape index (κ2) is 8.14. The molecule has 0 aromatic heterocycles. The first-order chi connectivity index (χ1) is 9.09. The lowest BCUT2D eigenvalue weighted by Gasteiger charge is -2.09. The minimum atomic E-state index is -3.20. The minimum Gasteiger partial charge on any atom is -0.496 e. The average molecular weight is 286 g/mol. The van der Waals surface area contributed by atoms with Gasteiger partial charge in [0.15, 0.2) is 0 Å². The Morgan fingerprint density at radius 1 is 1.21 bits per heavy atom. The van der Waals surface area contributed by atoms with Gasteiger partial charge in [0.05, 0.1) is 12.9 Å². The summed E-state index contributed by atoms with van der Waals surface area (Å²) in [6, 6.07) is 7.61. The highest BCUT2D eigenvalue weighted by Gasteiger charge is 2.09. The summed E-state index contributed by atoms with van der Waals surface area (Å²) in [5, 5.41) is 2.99. The fourth-order valence-corrected chi connectivity index (χ4v) is 2.68. The van der Waals surface area contributed by atoms with Gasteiger partial charge in [-0.05, 0) is 24.6 Å². The molecule has 6 heteroatoms. The fraction of sp³-hybridized carbons (Fsp3) is 0.538. The van der Waals surface area contributed by atoms with E-state index in [4.69, 9.17) is 4.74 Å². The summed E-state index contributed by atoms with van der Waals surface area (Å²) in [5.74, 6) is 0.890. The molecule has 0 bridgehead atoms. The van der Waals surface area contributed by atoms with Crippen molar-refractivity contribution in [2.75, 3.05) is 32.5 Å². The number of hydrogen-bond donors (Lipinski definition) is 2. The van der Waals surface area contributed by atoms with Crippen molar-refractivity contribution < 1.29 is 13.2 Å². The normalized spacial score (nSPS) is 11.5. The zero-order valence-corrected chi connectivity index (χ0v) is 12.3. The maximum Gasteiger partial charge on any atom is 0.212 e. The maximum atomic E-state index is 11.7. The second-order valence-corrected chi connectivity index (χ2v) is 6.06. The first-order valence-electron chi connectivity index (χ1n) is 6.39. The standard InChI is InChI=1S/C13H22N2O3S/c1-3-14-10-11-19(16,17)15-9-8-12-6-4-5-7-13(12)18-2/h4-7,14-15H,3,8-11H2,1-2H3. The lowest BCUT2D eigenvalue weighted by atomic mass is 10.1. The third-order valence-electron chi connectivity index (χ3n) is 2.71. The lowest BCUT2D eigenvalue weighted by Crippen LogP contribution is -2.33. The van der Waals surface area contributed by atoms with Crippen LogP contribution in [0.2, 0.25) is 0 Å². The molecule has 0 spiro atoms. The van der Waals surface area contributed by atoms with Crippen molar-refractivity contribution in [3.63, 3.8) is 0 Å². The minimum absolute atomic E-state index is 0.104. The fourth-order valence-electron chi connectivity index (χ4n) is 1.71. The molecule has 0 heterocycles. The van der Waals surface area contributed by atoms with E-state index in [9.17, 15) is 8.42 Å². The summed E-state index contributed by atoms with van der Waals surface area (Å²) < 4.78 is 31.1. The Bertz CT molecular complexity index is 475. The third-order valence-corrected chi connectivity index (χ3v) is 4.09. The number of benzene rings is 1. The quantitative estimate of drug-likeness (QED) is 0.658. The molecular weight excluding hydrogens is 264 g/mol. The second-order valence-electron chi connectivity index (χ2n) is 4.13. The molecule has 0 aliphatic carbocycles. The SMILES string of the molecule is CCNCCS(=O)(=O)NCCc1ccccc1OC. The molecule has 1 aromatic rings. The van der Waals surface area contributed by atoms with Crippen molar-refractivity contribution in [2.24, 2.45) is 0 Å². The number of ether oxygens (including phenoxy) is 1. The van der Waals surface area contributed by atoms with Crippen LogP contribution in [0.5, 0.6) is 5.75 Å². The molecule has 0 aliphatic heterocycles. The van der Waals surface area contributed by atoms with E-state index in [0.717, 1.165) is 17.9 Å². The summed E-state index contributed by atoms with van der Waals surface area (Å²) in [6.07, 6.45) is 0.616. The molecule has 0 amide bonds. The van der Waals surface area contributed by atoms with Crippen LogP contribution in [0.3, 0.4) is 0 Å². The summed E-state index contributed by atoms with van der Waals surface area (Å²) >= 11 is 0. The Morgan fingerprint density at radius 2 is 1.95 bits per heavy atom. The van der Waals surface area contributed by atoms with Crippen LogP contribution in [0, 0.1) is 0 Å². The first kappa shape index (κ1) is 15.9. The molecule has 108 valence electrons. The van der Waals surface area contributed by atoms with Gasteiger partial charge in [-0.15, -0.1) is 0 Å². The van der Waals surface area contributed by atoms with E-state index in [1.54, 1.807) is 7.11 Å². The highest BCUT2D eigenvalue weighted by atomic mass is 32.2. The van der Waals surface area contributed by atoms with E-state index in [2.05, 4.69) is 10.0 Å². The van der Waals surface area contributed by atoms with Gasteiger partial charge in [0, 0.05) is 13.1 Å². The van der Waals surface area contributed by atoms with E-state index in [1.165, 1.54) is 0 Å². The van der Waals surface area contributed by atoms with Gasteiger partial charge in [-0.25, -0.2) is 13.1 Å². The zero-order chi connectivity index (χ0) is 14.1. The summed E-state index contributed by atoms with van der Waals surface area (Å²) in [4.78, 5) is 0. The third kappa shape index (κ3) is 6.04. The van der Waals surface area contributed by atoms with Crippen LogP contribution in [0.25, 0.3) is 0 Å². The van der Waals surface area contributed by atoms with E-state index >= 15 is 0 Å². The number of sulfonamides is 1. The van der Waals surface area contributed by atoms with E-state index in [1.807, 2.05) is 31.2 Å². The maximum absolute atomic E-state index is 11.7. The molecule has 1 rings (SSSR count). The van der Waals surface area contributed by atoms with E-state index in [0.29, 0.717) is 19.5 Å². The van der Waals surface area contributed by atoms with Crippen LogP contribution in [0.15, 0.2) is 24.3 Å². The largest absolute Gasteiger partial charge is 0.496 e. The van der Waals surface area contributed by atoms with Gasteiger partial charge < -0.3 is 10.1 Å². The number of nitrogens with one attached hydrogen (secondary N) is 2. The topological polar surface area (TPSA) is 67.4 Å². The Kier molecular flexibility index (Phi) is 6.83. The van der Waals surface area contributed by atoms with E-state index in [-0.39, 0.29) is 5.75 Å². The summed E-state index contributed by atoms with van der Waals surface area (Å²) in [5.41, 5.74) is 0.999. The molecule has 0 saturated carbocycles. The molecule has 0 radical (unpaired) electrons. The van der Waals surface area contributed by atoms with Gasteiger partial charge in [-0.2, -0.15) is 0 Å². The summed E-state index contributed by atoms with van der Waals surface area (Å²) in [6.45, 7) is 3.58. The number of para-hydroxylation sites is 1. The number of rotatable bonds is 9. The average Bonchev–Trinajstić information content (AvgIpc) is 2.39. The van der Waals surface area contributed by atoms with Gasteiger partial charge in [-0.3, -0.25) is 0 Å². The predicted molar refractivity (Wildman–Crippen MR) is 77.0 cm³/mol. The van der Waals surface area contributed by atoms with Gasteiger partial charge in [0.1, 0.15) is 5.75 Å². The van der Waals surface area contributed by atoms with Crippen LogP contribution < -0.4 is 14.8 Å². The van der Waals surface area contributed by atoms with Crippen molar-refractivity contribution >= 4 is 10.0 Å². The highest BCUT2D eigenvalue weighted by Crippen LogP contribution is 2.17. The van der Waals surface area contributed by atoms with Gasteiger partial charge in [0.2, 0.25) is 10.0 Å². The van der Waals surface area contributed by atoms with Gasteiger partial charge >= 0.3 is 0 Å². The molecule has 1 aromatic carbocycles. The monoisotopic (exact) mass is 286 g/mol. The number of hydrogen-bond acceptors (Lipinski definition) is 4. The van der Waals surface area contributed by atoms with Gasteiger partial charge in [0.25, 0.3) is 0 Å². The van der Waals surface area contributed by atoms with Crippen LogP contribution in [-0.2, 0) is 16.4 Å². The van der Waals surface area contributed by atoms with Crippen LogP contribution >= 0.6 is 0 Å². The molecule has 0 unspecified atom stereocenters. The molecule has 19 heavy (non-hydrogen) atoms. The highest BCUT2D eigenvalue weighted by molar-refractivity contribution is 7.89. The van der Waals surface area contributed by atoms with Crippen LogP contribution in [0.1, 0.15) is 12.5 Å². The lowest BCUT2D eigenvalue weighted by molar-refractivity contribution is 0.409. The Balaban J connectivity index is 2.41. The number of methoxy groups -OCH3 is 1. The van der Waals surface area contributed by atoms with Crippen molar-refractivity contribution in [1.82, 2.24) is 10.0 Å². The molecule has 0 saturated heterocycles. The predicted octanol–water partition coefficient (Wildman–Crippen LogP) is 0.767. The molecule has 0 atom stereocenters. The molecule has 5 nitrogen and oxygen atoms in total. The summed E-state index contributed by atoms with van der Waals surface area (Å²) in [7, 11) is -1.59. The molecule has 0 fully saturated rings.